The molecule has 1 aliphatic rings. The number of piperidine rings is 1. The molecular weight excluding hydrogens is 430 g/mol. The lowest BCUT2D eigenvalue weighted by Crippen LogP contribution is -2.60. The Morgan fingerprint density at radius 2 is 1.78 bits per heavy atom. The van der Waals surface area contributed by atoms with E-state index in [0.29, 0.717) is 24.0 Å². The summed E-state index contributed by atoms with van der Waals surface area (Å²) in [6, 6.07) is 6.62. The predicted molar refractivity (Wildman–Crippen MR) is 126 cm³/mol. The van der Waals surface area contributed by atoms with Crippen LogP contribution in [0.1, 0.15) is 59.4 Å². The fourth-order valence-corrected chi connectivity index (χ4v) is 4.46. The van der Waals surface area contributed by atoms with E-state index in [2.05, 4.69) is 36.6 Å². The molecule has 0 saturated carbocycles. The Balaban J connectivity index is 2.09. The predicted octanol–water partition coefficient (Wildman–Crippen LogP) is 3.96. The third-order valence-electron chi connectivity index (χ3n) is 6.15. The minimum absolute atomic E-state index is 0.117. The highest BCUT2D eigenvalue weighted by molar-refractivity contribution is 6.30. The molecule has 2 N–H and O–H groups in total. The fourth-order valence-electron chi connectivity index (χ4n) is 4.34. The molecular formula is C24H36ClN3O4. The van der Waals surface area contributed by atoms with Crippen LogP contribution < -0.4 is 10.6 Å². The van der Waals surface area contributed by atoms with Crippen molar-refractivity contribution in [3.63, 3.8) is 0 Å². The number of hydrogen-bond donors (Lipinski definition) is 2. The molecule has 1 aliphatic heterocycles. The molecule has 7 nitrogen and oxygen atoms in total. The molecule has 0 aliphatic carbocycles. The summed E-state index contributed by atoms with van der Waals surface area (Å²) < 4.78 is 4.72. The second-order valence-corrected chi connectivity index (χ2v) is 10.5. The van der Waals surface area contributed by atoms with E-state index in [1.165, 1.54) is 12.7 Å². The Morgan fingerprint density at radius 3 is 2.28 bits per heavy atom. The van der Waals surface area contributed by atoms with Crippen LogP contribution in [-0.4, -0.2) is 54.6 Å². The molecule has 1 heterocycles. The Labute approximate surface area is 196 Å². The number of nitrogens with zero attached hydrogens (tertiary/aromatic N) is 1. The molecule has 1 aromatic rings. The fraction of sp³-hybridized carbons (Fsp3) is 0.625. The van der Waals surface area contributed by atoms with E-state index < -0.39 is 23.6 Å². The summed E-state index contributed by atoms with van der Waals surface area (Å²) in [5, 5.41) is 6.06. The number of nitrogens with one attached hydrogen (secondary N) is 2. The summed E-state index contributed by atoms with van der Waals surface area (Å²) in [4.78, 5) is 39.6. The van der Waals surface area contributed by atoms with Gasteiger partial charge in [-0.25, -0.2) is 9.59 Å². The molecule has 1 aromatic carbocycles. The highest BCUT2D eigenvalue weighted by atomic mass is 35.5. The zero-order valence-corrected chi connectivity index (χ0v) is 20.9. The molecule has 1 saturated heterocycles. The van der Waals surface area contributed by atoms with Gasteiger partial charge in [0.25, 0.3) is 0 Å². The van der Waals surface area contributed by atoms with Crippen molar-refractivity contribution in [1.82, 2.24) is 15.5 Å². The van der Waals surface area contributed by atoms with Crippen molar-refractivity contribution in [2.75, 3.05) is 20.2 Å². The van der Waals surface area contributed by atoms with Gasteiger partial charge in [-0.05, 0) is 55.2 Å². The van der Waals surface area contributed by atoms with E-state index in [-0.39, 0.29) is 17.2 Å². The van der Waals surface area contributed by atoms with Crippen molar-refractivity contribution in [2.45, 2.75) is 65.5 Å². The normalized spacial score (nSPS) is 19.3. The SMILES string of the molecule is COC(=O)C(C)(C)NC(=O)N[C@@H](C(=O)N1CCC(c2ccc(Cl)cc2)C(C)(C)C1)C(C)C. The molecule has 178 valence electrons. The summed E-state index contributed by atoms with van der Waals surface area (Å²) in [7, 11) is 1.26. The maximum absolute atomic E-state index is 13.4. The van der Waals surface area contributed by atoms with Gasteiger partial charge in [-0.15, -0.1) is 0 Å². The first kappa shape index (κ1) is 26.0. The van der Waals surface area contributed by atoms with Crippen LogP contribution in [0.3, 0.4) is 0 Å². The van der Waals surface area contributed by atoms with E-state index >= 15 is 0 Å². The minimum Gasteiger partial charge on any atom is -0.467 e. The van der Waals surface area contributed by atoms with Crippen LogP contribution in [0.4, 0.5) is 4.79 Å². The molecule has 0 aromatic heterocycles. The summed E-state index contributed by atoms with van der Waals surface area (Å²) >= 11 is 6.04. The number of urea groups is 1. The second-order valence-electron chi connectivity index (χ2n) is 10.1. The number of halogens is 1. The quantitative estimate of drug-likeness (QED) is 0.622. The van der Waals surface area contributed by atoms with Crippen LogP contribution in [-0.2, 0) is 14.3 Å². The van der Waals surface area contributed by atoms with E-state index in [4.69, 9.17) is 16.3 Å². The molecule has 8 heteroatoms. The number of benzene rings is 1. The second kappa shape index (κ2) is 10.1. The Morgan fingerprint density at radius 1 is 1.19 bits per heavy atom. The van der Waals surface area contributed by atoms with E-state index in [1.54, 1.807) is 13.8 Å². The highest BCUT2D eigenvalue weighted by Gasteiger charge is 2.41. The molecule has 1 unspecified atom stereocenters. The van der Waals surface area contributed by atoms with Gasteiger partial charge < -0.3 is 20.3 Å². The van der Waals surface area contributed by atoms with Gasteiger partial charge in [0.2, 0.25) is 5.91 Å². The molecule has 32 heavy (non-hydrogen) atoms. The highest BCUT2D eigenvalue weighted by Crippen LogP contribution is 2.42. The zero-order chi connectivity index (χ0) is 24.3. The first-order valence-corrected chi connectivity index (χ1v) is 11.4. The Bertz CT molecular complexity index is 836. The van der Waals surface area contributed by atoms with Gasteiger partial charge in [-0.2, -0.15) is 0 Å². The average Bonchev–Trinajstić information content (AvgIpc) is 2.70. The van der Waals surface area contributed by atoms with Crippen molar-refractivity contribution in [3.8, 4) is 0 Å². The van der Waals surface area contributed by atoms with Gasteiger partial charge in [0.1, 0.15) is 11.6 Å². The van der Waals surface area contributed by atoms with Crippen molar-refractivity contribution in [3.05, 3.63) is 34.9 Å². The number of amides is 3. The number of carbonyl (C=O) groups is 3. The number of methoxy groups -OCH3 is 1. The zero-order valence-electron chi connectivity index (χ0n) is 20.1. The van der Waals surface area contributed by atoms with Gasteiger partial charge >= 0.3 is 12.0 Å². The first-order chi connectivity index (χ1) is 14.8. The van der Waals surface area contributed by atoms with E-state index in [9.17, 15) is 14.4 Å². The number of ether oxygens (including phenoxy) is 1. The summed E-state index contributed by atoms with van der Waals surface area (Å²) in [6.45, 7) is 12.4. The van der Waals surface area contributed by atoms with E-state index in [1.807, 2.05) is 30.9 Å². The number of esters is 1. The number of likely N-dealkylation sites (tertiary alicyclic amines) is 1. The Kier molecular flexibility index (Phi) is 8.21. The van der Waals surface area contributed by atoms with Crippen LogP contribution in [0.15, 0.2) is 24.3 Å². The van der Waals surface area contributed by atoms with Gasteiger partial charge in [-0.1, -0.05) is 51.4 Å². The molecule has 0 radical (unpaired) electrons. The van der Waals surface area contributed by atoms with E-state index in [0.717, 1.165) is 6.42 Å². The van der Waals surface area contributed by atoms with Gasteiger partial charge in [-0.3, -0.25) is 4.79 Å². The standard InChI is InChI=1S/C24H36ClN3O4/c1-15(2)19(26-22(31)27-24(5,6)21(30)32-7)20(29)28-13-12-18(23(3,4)14-28)16-8-10-17(25)11-9-16/h8-11,15,18-19H,12-14H2,1-7H3,(H2,26,27,31)/t18?,19-/m1/s1. The Hall–Kier alpha value is -2.28. The first-order valence-electron chi connectivity index (χ1n) is 11.0. The molecule has 3 amide bonds. The molecule has 1 fully saturated rings. The van der Waals surface area contributed by atoms with Gasteiger partial charge in [0.05, 0.1) is 7.11 Å². The van der Waals surface area contributed by atoms with Gasteiger partial charge in [0.15, 0.2) is 0 Å². The summed E-state index contributed by atoms with van der Waals surface area (Å²) in [5.74, 6) is -0.496. The molecule has 0 spiro atoms. The largest absolute Gasteiger partial charge is 0.467 e. The lowest BCUT2D eigenvalue weighted by Gasteiger charge is -2.45. The monoisotopic (exact) mass is 465 g/mol. The summed E-state index contributed by atoms with van der Waals surface area (Å²) in [6.07, 6.45) is 0.826. The molecule has 2 atom stereocenters. The summed E-state index contributed by atoms with van der Waals surface area (Å²) in [5.41, 5.74) is -0.129. The minimum atomic E-state index is -1.21. The van der Waals surface area contributed by atoms with Crippen molar-refractivity contribution in [2.24, 2.45) is 11.3 Å². The van der Waals surface area contributed by atoms with Gasteiger partial charge in [0, 0.05) is 18.1 Å². The maximum atomic E-state index is 13.4. The third-order valence-corrected chi connectivity index (χ3v) is 6.41. The van der Waals surface area contributed by atoms with Crippen LogP contribution >= 0.6 is 11.6 Å². The van der Waals surface area contributed by atoms with Crippen LogP contribution in [0.2, 0.25) is 5.02 Å². The number of carbonyl (C=O) groups excluding carboxylic acids is 3. The smallest absolute Gasteiger partial charge is 0.331 e. The lowest BCUT2D eigenvalue weighted by molar-refractivity contribution is -0.146. The average molecular weight is 466 g/mol. The van der Waals surface area contributed by atoms with Crippen LogP contribution in [0, 0.1) is 11.3 Å². The topological polar surface area (TPSA) is 87.7 Å². The molecule has 2 rings (SSSR count). The van der Waals surface area contributed by atoms with Crippen molar-refractivity contribution >= 4 is 29.5 Å². The van der Waals surface area contributed by atoms with Crippen LogP contribution in [0.5, 0.6) is 0 Å². The van der Waals surface area contributed by atoms with Crippen molar-refractivity contribution in [1.29, 1.82) is 0 Å². The van der Waals surface area contributed by atoms with Crippen LogP contribution in [0.25, 0.3) is 0 Å². The maximum Gasteiger partial charge on any atom is 0.331 e. The third kappa shape index (κ3) is 6.15. The van der Waals surface area contributed by atoms with Crippen molar-refractivity contribution < 1.29 is 19.1 Å². The number of hydrogen-bond acceptors (Lipinski definition) is 4. The lowest BCUT2D eigenvalue weighted by atomic mass is 9.70. The number of rotatable bonds is 6. The molecule has 0 bridgehead atoms.